The van der Waals surface area contributed by atoms with E-state index < -0.39 is 17.8 Å². The number of amides is 1. The van der Waals surface area contributed by atoms with E-state index in [1.54, 1.807) is 0 Å². The Morgan fingerprint density at radius 2 is 1.67 bits per heavy atom. The molecule has 0 spiro atoms. The number of fused-ring (bicyclic) bond motifs is 2. The zero-order chi connectivity index (χ0) is 17.4. The molecule has 0 aromatic heterocycles. The third-order valence-corrected chi connectivity index (χ3v) is 5.89. The van der Waals surface area contributed by atoms with Crippen molar-refractivity contribution in [2.75, 3.05) is 5.32 Å². The number of anilines is 1. The Morgan fingerprint density at radius 3 is 2.21 bits per heavy atom. The molecule has 24 heavy (non-hydrogen) atoms. The van der Waals surface area contributed by atoms with Gasteiger partial charge in [0.1, 0.15) is 0 Å². The van der Waals surface area contributed by atoms with E-state index in [4.69, 9.17) is 0 Å². The Hall–Kier alpha value is -1.62. The monoisotopic (exact) mass is 391 g/mol. The Morgan fingerprint density at radius 1 is 1.08 bits per heavy atom. The lowest BCUT2D eigenvalue weighted by Gasteiger charge is -2.26. The second kappa shape index (κ2) is 6.71. The number of rotatable bonds is 3. The number of nitrogens with one attached hydrogen (secondary N) is 1. The van der Waals surface area contributed by atoms with Crippen molar-refractivity contribution in [3.05, 3.63) is 39.9 Å². The Kier molecular flexibility index (Phi) is 4.81. The summed E-state index contributed by atoms with van der Waals surface area (Å²) in [6.07, 6.45) is 2.77. The number of carbonyl (C=O) groups excluding carboxylic acids is 1. The summed E-state index contributed by atoms with van der Waals surface area (Å²) in [7, 11) is 0. The first-order valence-electron chi connectivity index (χ1n) is 8.36. The maximum atomic E-state index is 12.9. The van der Waals surface area contributed by atoms with E-state index in [2.05, 4.69) is 21.2 Å². The Labute approximate surface area is 150 Å². The molecule has 4 nitrogen and oxygen atoms in total. The number of halogens is 1. The van der Waals surface area contributed by atoms with Gasteiger partial charge in [-0.2, -0.15) is 0 Å². The van der Waals surface area contributed by atoms with Gasteiger partial charge in [0, 0.05) is 10.2 Å². The largest absolute Gasteiger partial charge is 0.481 e. The maximum Gasteiger partial charge on any atom is 0.307 e. The van der Waals surface area contributed by atoms with E-state index in [1.807, 2.05) is 38.1 Å². The quantitative estimate of drug-likeness (QED) is 0.746. The van der Waals surface area contributed by atoms with Crippen LogP contribution in [0.2, 0.25) is 0 Å². The lowest BCUT2D eigenvalue weighted by molar-refractivity contribution is -0.147. The van der Waals surface area contributed by atoms with Crippen LogP contribution in [0.15, 0.2) is 39.9 Å². The fourth-order valence-electron chi connectivity index (χ4n) is 4.56. The molecule has 0 aliphatic heterocycles. The molecule has 1 amide bonds. The minimum Gasteiger partial charge on any atom is -0.481 e. The molecule has 1 aromatic carbocycles. The van der Waals surface area contributed by atoms with Gasteiger partial charge in [-0.05, 0) is 62.8 Å². The number of benzene rings is 1. The minimum absolute atomic E-state index is 0.00641. The predicted molar refractivity (Wildman–Crippen MR) is 96.6 cm³/mol. The van der Waals surface area contributed by atoms with Crippen LogP contribution in [-0.4, -0.2) is 17.0 Å². The summed E-state index contributed by atoms with van der Waals surface area (Å²) in [5.74, 6) is -2.05. The van der Waals surface area contributed by atoms with Gasteiger partial charge in [0.2, 0.25) is 5.91 Å². The third-order valence-electron chi connectivity index (χ3n) is 5.36. The molecule has 0 saturated heterocycles. The van der Waals surface area contributed by atoms with Crippen molar-refractivity contribution in [3.63, 3.8) is 0 Å². The number of allylic oxidation sites excluding steroid dienone is 2. The molecular formula is C19H22BrNO3. The van der Waals surface area contributed by atoms with Gasteiger partial charge < -0.3 is 10.4 Å². The summed E-state index contributed by atoms with van der Waals surface area (Å²) in [6.45, 7) is 4.07. The number of hydrogen-bond acceptors (Lipinski definition) is 2. The van der Waals surface area contributed by atoms with E-state index in [-0.39, 0.29) is 17.7 Å². The molecule has 2 aliphatic carbocycles. The van der Waals surface area contributed by atoms with Crippen molar-refractivity contribution < 1.29 is 14.7 Å². The van der Waals surface area contributed by atoms with Gasteiger partial charge in [0.15, 0.2) is 0 Å². The standard InChI is InChI=1S/C19H22BrNO3/c1-10(2)15-13-4-3-5-14(15)17(19(23)24)16(13)18(22)21-12-8-6-11(20)7-9-12/h6-9,13-14,16-17H,3-5H2,1-2H3,(H,21,22)(H,23,24). The van der Waals surface area contributed by atoms with Crippen LogP contribution in [0.4, 0.5) is 5.69 Å². The summed E-state index contributed by atoms with van der Waals surface area (Å²) >= 11 is 3.37. The summed E-state index contributed by atoms with van der Waals surface area (Å²) in [6, 6.07) is 7.36. The van der Waals surface area contributed by atoms with Crippen LogP contribution in [0.1, 0.15) is 33.1 Å². The fraction of sp³-hybridized carbons (Fsp3) is 0.474. The van der Waals surface area contributed by atoms with E-state index in [0.717, 1.165) is 23.7 Å². The Balaban J connectivity index is 1.92. The molecule has 2 bridgehead atoms. The molecule has 3 rings (SSSR count). The van der Waals surface area contributed by atoms with Crippen molar-refractivity contribution in [2.24, 2.45) is 23.7 Å². The van der Waals surface area contributed by atoms with E-state index in [9.17, 15) is 14.7 Å². The van der Waals surface area contributed by atoms with Crippen LogP contribution in [-0.2, 0) is 9.59 Å². The minimum atomic E-state index is -0.848. The molecule has 128 valence electrons. The van der Waals surface area contributed by atoms with E-state index in [0.29, 0.717) is 5.69 Å². The first-order valence-corrected chi connectivity index (χ1v) is 9.16. The molecule has 2 saturated carbocycles. The summed E-state index contributed by atoms with van der Waals surface area (Å²) in [5.41, 5.74) is 3.09. The van der Waals surface area contributed by atoms with Crippen LogP contribution >= 0.6 is 15.9 Å². The second-order valence-electron chi connectivity index (χ2n) is 6.99. The summed E-state index contributed by atoms with van der Waals surface area (Å²) in [4.78, 5) is 24.8. The van der Waals surface area contributed by atoms with Crippen molar-refractivity contribution in [1.82, 2.24) is 0 Å². The number of carboxylic acids is 1. The second-order valence-corrected chi connectivity index (χ2v) is 7.90. The first kappa shape index (κ1) is 17.2. The molecular weight excluding hydrogens is 370 g/mol. The summed E-state index contributed by atoms with van der Waals surface area (Å²) < 4.78 is 0.937. The Bertz CT molecular complexity index is 691. The van der Waals surface area contributed by atoms with Crippen LogP contribution < -0.4 is 5.32 Å². The normalized spacial score (nSPS) is 28.5. The van der Waals surface area contributed by atoms with Gasteiger partial charge in [0.25, 0.3) is 0 Å². The van der Waals surface area contributed by atoms with Crippen LogP contribution in [0.5, 0.6) is 0 Å². The zero-order valence-corrected chi connectivity index (χ0v) is 15.5. The highest BCUT2D eigenvalue weighted by Crippen LogP contribution is 2.54. The summed E-state index contributed by atoms with van der Waals surface area (Å²) in [5, 5.41) is 12.7. The molecule has 4 unspecified atom stereocenters. The van der Waals surface area contributed by atoms with E-state index in [1.165, 1.54) is 11.1 Å². The molecule has 0 heterocycles. The molecule has 0 radical (unpaired) electrons. The predicted octanol–water partition coefficient (Wildman–Crippen LogP) is 4.47. The lowest BCUT2D eigenvalue weighted by Crippen LogP contribution is -2.34. The zero-order valence-electron chi connectivity index (χ0n) is 13.9. The van der Waals surface area contributed by atoms with E-state index >= 15 is 0 Å². The topological polar surface area (TPSA) is 66.4 Å². The SMILES string of the molecule is CC(C)=C1C2CCCC1C(C(=O)Nc1ccc(Br)cc1)C2C(=O)O. The number of hydrogen-bond donors (Lipinski definition) is 2. The lowest BCUT2D eigenvalue weighted by atomic mass is 9.79. The van der Waals surface area contributed by atoms with Crippen molar-refractivity contribution in [3.8, 4) is 0 Å². The average molecular weight is 392 g/mol. The molecule has 1 aromatic rings. The van der Waals surface area contributed by atoms with Crippen LogP contribution in [0, 0.1) is 23.7 Å². The first-order chi connectivity index (χ1) is 11.4. The number of carboxylic acid groups (broad SMARTS) is 1. The van der Waals surface area contributed by atoms with Gasteiger partial charge in [0.05, 0.1) is 11.8 Å². The van der Waals surface area contributed by atoms with Crippen LogP contribution in [0.25, 0.3) is 0 Å². The molecule has 2 fully saturated rings. The van der Waals surface area contributed by atoms with Gasteiger partial charge in [-0.25, -0.2) is 0 Å². The van der Waals surface area contributed by atoms with Crippen molar-refractivity contribution in [2.45, 2.75) is 33.1 Å². The molecule has 4 atom stereocenters. The highest BCUT2D eigenvalue weighted by Gasteiger charge is 2.55. The molecule has 5 heteroatoms. The van der Waals surface area contributed by atoms with Gasteiger partial charge in [-0.15, -0.1) is 0 Å². The fourth-order valence-corrected chi connectivity index (χ4v) is 4.83. The number of carbonyl (C=O) groups is 2. The van der Waals surface area contributed by atoms with Crippen molar-refractivity contribution >= 4 is 33.5 Å². The highest BCUT2D eigenvalue weighted by atomic mass is 79.9. The van der Waals surface area contributed by atoms with Crippen LogP contribution in [0.3, 0.4) is 0 Å². The smallest absolute Gasteiger partial charge is 0.307 e. The molecule has 2 aliphatic rings. The number of aliphatic carboxylic acids is 1. The third kappa shape index (κ3) is 3.02. The van der Waals surface area contributed by atoms with Gasteiger partial charge in [-0.1, -0.05) is 33.5 Å². The maximum absolute atomic E-state index is 12.9. The van der Waals surface area contributed by atoms with Gasteiger partial charge in [-0.3, -0.25) is 9.59 Å². The average Bonchev–Trinajstić information content (AvgIpc) is 2.73. The molecule has 2 N–H and O–H groups in total. The van der Waals surface area contributed by atoms with Crippen molar-refractivity contribution in [1.29, 1.82) is 0 Å². The highest BCUT2D eigenvalue weighted by molar-refractivity contribution is 9.10. The van der Waals surface area contributed by atoms with Gasteiger partial charge >= 0.3 is 5.97 Å².